The number of carbonyl (C=O) groups excluding carboxylic acids is 1. The number of aryl methyl sites for hydroxylation is 1. The Morgan fingerprint density at radius 2 is 1.79 bits per heavy atom. The van der Waals surface area contributed by atoms with E-state index in [1.807, 2.05) is 37.3 Å². The molecule has 170 valence electrons. The summed E-state index contributed by atoms with van der Waals surface area (Å²) in [5.41, 5.74) is 3.44. The molecule has 3 aromatic rings. The lowest BCUT2D eigenvalue weighted by molar-refractivity contribution is 0.0951. The zero-order chi connectivity index (χ0) is 23.4. The van der Waals surface area contributed by atoms with E-state index >= 15 is 0 Å². The van der Waals surface area contributed by atoms with Gasteiger partial charge in [-0.05, 0) is 48.6 Å². The second-order valence-corrected chi connectivity index (χ2v) is 8.03. The van der Waals surface area contributed by atoms with Gasteiger partial charge in [-0.15, -0.1) is 0 Å². The maximum absolute atomic E-state index is 13.1. The molecule has 0 bridgehead atoms. The van der Waals surface area contributed by atoms with Crippen LogP contribution in [0.4, 0.5) is 10.6 Å². The predicted molar refractivity (Wildman–Crippen MR) is 124 cm³/mol. The van der Waals surface area contributed by atoms with Crippen LogP contribution < -0.4 is 21.5 Å². The molecule has 1 heterocycles. The van der Waals surface area contributed by atoms with Gasteiger partial charge in [-0.3, -0.25) is 14.2 Å². The van der Waals surface area contributed by atoms with Gasteiger partial charge < -0.3 is 21.1 Å². The number of aromatic nitrogens is 2. The second kappa shape index (κ2) is 9.56. The number of hydrogen-bond donors (Lipinski definition) is 4. The molecule has 2 amide bonds. The number of carbonyl (C=O) groups is 2. The van der Waals surface area contributed by atoms with Crippen molar-refractivity contribution in [1.82, 2.24) is 20.2 Å². The third kappa shape index (κ3) is 5.57. The summed E-state index contributed by atoms with van der Waals surface area (Å²) in [6.07, 6.45) is 4.07. The molecular formula is C24H25N5O4. The minimum Gasteiger partial charge on any atom is -0.465 e. The van der Waals surface area contributed by atoms with Crippen LogP contribution in [0.1, 0.15) is 39.9 Å². The summed E-state index contributed by atoms with van der Waals surface area (Å²) >= 11 is 0. The largest absolute Gasteiger partial charge is 0.465 e. The number of nitrogens with one attached hydrogen (secondary N) is 3. The maximum Gasteiger partial charge on any atom is 0.404 e. The van der Waals surface area contributed by atoms with Gasteiger partial charge in [0.25, 0.3) is 11.5 Å². The lowest BCUT2D eigenvalue weighted by Crippen LogP contribution is -2.26. The van der Waals surface area contributed by atoms with Crippen LogP contribution in [0.25, 0.3) is 5.69 Å². The highest BCUT2D eigenvalue weighted by Crippen LogP contribution is 2.21. The smallest absolute Gasteiger partial charge is 0.404 e. The molecular weight excluding hydrogens is 422 g/mol. The predicted octanol–water partition coefficient (Wildman–Crippen LogP) is 2.81. The number of benzene rings is 2. The van der Waals surface area contributed by atoms with E-state index in [0.29, 0.717) is 17.8 Å². The van der Waals surface area contributed by atoms with Crippen molar-refractivity contribution in [2.75, 3.05) is 5.32 Å². The van der Waals surface area contributed by atoms with E-state index in [0.717, 1.165) is 29.5 Å². The normalized spacial score (nSPS) is 12.8. The summed E-state index contributed by atoms with van der Waals surface area (Å²) in [6, 6.07) is 12.9. The van der Waals surface area contributed by atoms with E-state index in [1.54, 1.807) is 24.5 Å². The summed E-state index contributed by atoms with van der Waals surface area (Å²) in [5, 5.41) is 17.0. The van der Waals surface area contributed by atoms with Gasteiger partial charge in [0.15, 0.2) is 5.82 Å². The van der Waals surface area contributed by atoms with Gasteiger partial charge in [0.2, 0.25) is 0 Å². The Hall–Kier alpha value is -4.14. The fraction of sp³-hybridized carbons (Fsp3) is 0.250. The van der Waals surface area contributed by atoms with Gasteiger partial charge in [0.1, 0.15) is 0 Å². The molecule has 9 nitrogen and oxygen atoms in total. The topological polar surface area (TPSA) is 125 Å². The van der Waals surface area contributed by atoms with Crippen molar-refractivity contribution < 1.29 is 14.7 Å². The molecule has 1 aromatic heterocycles. The average molecular weight is 447 g/mol. The zero-order valence-corrected chi connectivity index (χ0v) is 18.2. The Bertz CT molecular complexity index is 1230. The molecule has 0 spiro atoms. The second-order valence-electron chi connectivity index (χ2n) is 8.03. The molecule has 4 N–H and O–H groups in total. The molecule has 1 saturated carbocycles. The van der Waals surface area contributed by atoms with Gasteiger partial charge in [0, 0.05) is 37.1 Å². The Balaban J connectivity index is 1.49. The standard InChI is InChI=1S/C24H25N5O4/c1-15-2-7-18(22(30)28-19-8-9-19)12-20(15)29-11-10-25-21(23(29)31)26-13-16-3-5-17(6-4-16)14-27-24(32)33/h2-7,10-12,19,27H,8-9,13-14H2,1H3,(H,25,26)(H,28,30)(H,32,33). The summed E-state index contributed by atoms with van der Waals surface area (Å²) in [7, 11) is 0. The molecule has 0 atom stereocenters. The van der Waals surface area contributed by atoms with Crippen LogP contribution in [0.2, 0.25) is 0 Å². The number of anilines is 1. The molecule has 4 rings (SSSR count). The van der Waals surface area contributed by atoms with Crippen LogP contribution in [-0.4, -0.2) is 32.7 Å². The van der Waals surface area contributed by atoms with Crippen molar-refractivity contribution >= 4 is 17.8 Å². The van der Waals surface area contributed by atoms with Gasteiger partial charge >= 0.3 is 6.09 Å². The van der Waals surface area contributed by atoms with Gasteiger partial charge in [0.05, 0.1) is 5.69 Å². The number of rotatable bonds is 8. The average Bonchev–Trinajstić information content (AvgIpc) is 3.62. The molecule has 0 aliphatic heterocycles. The first-order valence-electron chi connectivity index (χ1n) is 10.7. The van der Waals surface area contributed by atoms with E-state index in [9.17, 15) is 14.4 Å². The Labute approximate surface area is 190 Å². The monoisotopic (exact) mass is 447 g/mol. The highest BCUT2D eigenvalue weighted by molar-refractivity contribution is 5.95. The summed E-state index contributed by atoms with van der Waals surface area (Å²) in [5.74, 6) is 0.0579. The van der Waals surface area contributed by atoms with Crippen LogP contribution in [-0.2, 0) is 13.1 Å². The fourth-order valence-corrected chi connectivity index (χ4v) is 3.37. The molecule has 0 radical (unpaired) electrons. The van der Waals surface area contributed by atoms with E-state index in [4.69, 9.17) is 5.11 Å². The Kier molecular flexibility index (Phi) is 6.39. The number of carboxylic acid groups (broad SMARTS) is 1. The van der Waals surface area contributed by atoms with Crippen molar-refractivity contribution in [3.8, 4) is 5.69 Å². The van der Waals surface area contributed by atoms with Crippen molar-refractivity contribution in [3.05, 3.63) is 87.5 Å². The van der Waals surface area contributed by atoms with Crippen LogP contribution in [0.3, 0.4) is 0 Å². The molecule has 0 unspecified atom stereocenters. The van der Waals surface area contributed by atoms with Gasteiger partial charge in [-0.1, -0.05) is 30.3 Å². The van der Waals surface area contributed by atoms with Gasteiger partial charge in [-0.25, -0.2) is 9.78 Å². The highest BCUT2D eigenvalue weighted by Gasteiger charge is 2.24. The summed E-state index contributed by atoms with van der Waals surface area (Å²) < 4.78 is 1.49. The minimum atomic E-state index is -1.07. The Morgan fingerprint density at radius 3 is 2.45 bits per heavy atom. The first-order valence-corrected chi connectivity index (χ1v) is 10.7. The summed E-state index contributed by atoms with van der Waals surface area (Å²) in [6.45, 7) is 2.49. The third-order valence-corrected chi connectivity index (χ3v) is 5.41. The molecule has 1 fully saturated rings. The Morgan fingerprint density at radius 1 is 1.09 bits per heavy atom. The van der Waals surface area contributed by atoms with Crippen molar-refractivity contribution in [2.45, 2.75) is 38.9 Å². The van der Waals surface area contributed by atoms with Crippen LogP contribution in [0.15, 0.2) is 59.7 Å². The maximum atomic E-state index is 13.1. The quantitative estimate of drug-likeness (QED) is 0.421. The van der Waals surface area contributed by atoms with E-state index in [1.165, 1.54) is 4.57 Å². The van der Waals surface area contributed by atoms with Crippen molar-refractivity contribution in [1.29, 1.82) is 0 Å². The fourth-order valence-electron chi connectivity index (χ4n) is 3.37. The van der Waals surface area contributed by atoms with Gasteiger partial charge in [-0.2, -0.15) is 0 Å². The van der Waals surface area contributed by atoms with E-state index in [-0.39, 0.29) is 29.9 Å². The van der Waals surface area contributed by atoms with Crippen molar-refractivity contribution in [3.63, 3.8) is 0 Å². The molecule has 2 aromatic carbocycles. The molecule has 1 aliphatic rings. The van der Waals surface area contributed by atoms with E-state index in [2.05, 4.69) is 20.9 Å². The van der Waals surface area contributed by atoms with Crippen molar-refractivity contribution in [2.24, 2.45) is 0 Å². The van der Waals surface area contributed by atoms with Crippen LogP contribution in [0.5, 0.6) is 0 Å². The minimum absolute atomic E-state index is 0.138. The van der Waals surface area contributed by atoms with E-state index < -0.39 is 6.09 Å². The third-order valence-electron chi connectivity index (χ3n) is 5.41. The summed E-state index contributed by atoms with van der Waals surface area (Å²) in [4.78, 5) is 40.3. The molecule has 0 saturated heterocycles. The molecule has 9 heteroatoms. The van der Waals surface area contributed by atoms with Crippen LogP contribution >= 0.6 is 0 Å². The molecule has 33 heavy (non-hydrogen) atoms. The first-order chi connectivity index (χ1) is 15.9. The van der Waals surface area contributed by atoms with Crippen LogP contribution in [0, 0.1) is 6.92 Å². The lowest BCUT2D eigenvalue weighted by Gasteiger charge is -2.13. The number of hydrogen-bond acceptors (Lipinski definition) is 5. The highest BCUT2D eigenvalue weighted by atomic mass is 16.4. The lowest BCUT2D eigenvalue weighted by atomic mass is 10.1. The first kappa shape index (κ1) is 22.1. The molecule has 1 aliphatic carbocycles. The number of nitrogens with zero attached hydrogens (tertiary/aromatic N) is 2. The zero-order valence-electron chi connectivity index (χ0n) is 18.2. The SMILES string of the molecule is Cc1ccc(C(=O)NC2CC2)cc1-n1ccnc(NCc2ccc(CNC(=O)O)cc2)c1=O. The number of amides is 2.